The number of pyridine rings is 1. The Kier molecular flexibility index (Phi) is 4.77. The standard InChI is InChI=1S/C15H25N3O/c1-5-16-13(4)14-7-6-8-17-15(14)18-9-11(2)19-12(3)10-18/h6-8,11-13,16H,5,9-10H2,1-4H3/t11-,12+,13?. The Hall–Kier alpha value is -1.13. The lowest BCUT2D eigenvalue weighted by Gasteiger charge is -2.37. The molecular weight excluding hydrogens is 238 g/mol. The van der Waals surface area contributed by atoms with E-state index in [1.54, 1.807) is 0 Å². The second-order valence-electron chi connectivity index (χ2n) is 5.36. The number of anilines is 1. The van der Waals surface area contributed by atoms with Crippen LogP contribution in [0.25, 0.3) is 0 Å². The van der Waals surface area contributed by atoms with Crippen LogP contribution in [0, 0.1) is 0 Å². The van der Waals surface area contributed by atoms with Crippen LogP contribution in [0.2, 0.25) is 0 Å². The summed E-state index contributed by atoms with van der Waals surface area (Å²) < 4.78 is 5.80. The summed E-state index contributed by atoms with van der Waals surface area (Å²) in [5.74, 6) is 1.10. The smallest absolute Gasteiger partial charge is 0.133 e. The summed E-state index contributed by atoms with van der Waals surface area (Å²) in [6.45, 7) is 11.4. The predicted molar refractivity (Wildman–Crippen MR) is 78.6 cm³/mol. The molecule has 4 nitrogen and oxygen atoms in total. The molecule has 4 heteroatoms. The molecule has 1 unspecified atom stereocenters. The molecule has 1 aromatic heterocycles. The third-order valence-corrected chi connectivity index (χ3v) is 3.51. The topological polar surface area (TPSA) is 37.4 Å². The Bertz CT molecular complexity index is 400. The molecule has 0 amide bonds. The summed E-state index contributed by atoms with van der Waals surface area (Å²) in [7, 11) is 0. The fourth-order valence-corrected chi connectivity index (χ4v) is 2.78. The van der Waals surface area contributed by atoms with E-state index in [9.17, 15) is 0 Å². The van der Waals surface area contributed by atoms with E-state index in [4.69, 9.17) is 4.74 Å². The van der Waals surface area contributed by atoms with Gasteiger partial charge in [-0.05, 0) is 33.4 Å². The van der Waals surface area contributed by atoms with Gasteiger partial charge in [0.05, 0.1) is 12.2 Å². The molecule has 0 radical (unpaired) electrons. The van der Waals surface area contributed by atoms with E-state index in [1.807, 2.05) is 12.3 Å². The molecule has 0 aliphatic carbocycles. The molecule has 1 aliphatic heterocycles. The molecule has 0 saturated carbocycles. The van der Waals surface area contributed by atoms with Crippen LogP contribution in [0.5, 0.6) is 0 Å². The first kappa shape index (κ1) is 14.3. The third kappa shape index (κ3) is 3.45. The van der Waals surface area contributed by atoms with E-state index in [2.05, 4.69) is 49.0 Å². The third-order valence-electron chi connectivity index (χ3n) is 3.51. The van der Waals surface area contributed by atoms with Crippen molar-refractivity contribution in [2.45, 2.75) is 45.9 Å². The highest BCUT2D eigenvalue weighted by atomic mass is 16.5. The van der Waals surface area contributed by atoms with Crippen molar-refractivity contribution in [3.05, 3.63) is 23.9 Å². The highest BCUT2D eigenvalue weighted by Gasteiger charge is 2.25. The van der Waals surface area contributed by atoms with E-state index >= 15 is 0 Å². The van der Waals surface area contributed by atoms with Crippen LogP contribution < -0.4 is 10.2 Å². The van der Waals surface area contributed by atoms with E-state index in [0.29, 0.717) is 6.04 Å². The molecule has 0 aromatic carbocycles. The molecule has 1 aromatic rings. The molecule has 19 heavy (non-hydrogen) atoms. The van der Waals surface area contributed by atoms with Gasteiger partial charge in [-0.25, -0.2) is 4.98 Å². The first-order chi connectivity index (χ1) is 9.11. The molecule has 0 spiro atoms. The molecule has 1 saturated heterocycles. The minimum absolute atomic E-state index is 0.257. The van der Waals surface area contributed by atoms with Gasteiger partial charge in [0.25, 0.3) is 0 Å². The van der Waals surface area contributed by atoms with Crippen molar-refractivity contribution in [2.24, 2.45) is 0 Å². The number of hydrogen-bond acceptors (Lipinski definition) is 4. The zero-order valence-corrected chi connectivity index (χ0v) is 12.4. The van der Waals surface area contributed by atoms with E-state index < -0.39 is 0 Å². The molecule has 1 fully saturated rings. The van der Waals surface area contributed by atoms with Crippen LogP contribution in [0.1, 0.15) is 39.3 Å². The van der Waals surface area contributed by atoms with Crippen LogP contribution in [-0.4, -0.2) is 36.8 Å². The Morgan fingerprint density at radius 2 is 2.11 bits per heavy atom. The van der Waals surface area contributed by atoms with E-state index in [-0.39, 0.29) is 12.2 Å². The van der Waals surface area contributed by atoms with Gasteiger partial charge in [0, 0.05) is 30.9 Å². The first-order valence-electron chi connectivity index (χ1n) is 7.20. The van der Waals surface area contributed by atoms with Gasteiger partial charge in [-0.15, -0.1) is 0 Å². The number of ether oxygens (including phenoxy) is 1. The number of morpholine rings is 1. The van der Waals surface area contributed by atoms with Crippen molar-refractivity contribution in [1.82, 2.24) is 10.3 Å². The Morgan fingerprint density at radius 3 is 2.74 bits per heavy atom. The van der Waals surface area contributed by atoms with Crippen LogP contribution >= 0.6 is 0 Å². The van der Waals surface area contributed by atoms with Gasteiger partial charge in [0.1, 0.15) is 5.82 Å². The quantitative estimate of drug-likeness (QED) is 0.905. The number of nitrogens with one attached hydrogen (secondary N) is 1. The maximum atomic E-state index is 5.80. The number of aromatic nitrogens is 1. The normalized spacial score (nSPS) is 25.4. The Balaban J connectivity index is 2.23. The number of rotatable bonds is 4. The van der Waals surface area contributed by atoms with Gasteiger partial charge < -0.3 is 15.0 Å². The lowest BCUT2D eigenvalue weighted by molar-refractivity contribution is -0.00553. The fourth-order valence-electron chi connectivity index (χ4n) is 2.78. The summed E-state index contributed by atoms with van der Waals surface area (Å²) in [6, 6.07) is 4.50. The second-order valence-corrected chi connectivity index (χ2v) is 5.36. The van der Waals surface area contributed by atoms with Gasteiger partial charge in [0.2, 0.25) is 0 Å². The van der Waals surface area contributed by atoms with E-state index in [1.165, 1.54) is 5.56 Å². The van der Waals surface area contributed by atoms with Crippen LogP contribution in [0.3, 0.4) is 0 Å². The summed E-state index contributed by atoms with van der Waals surface area (Å²) in [5, 5.41) is 3.47. The number of hydrogen-bond donors (Lipinski definition) is 1. The highest BCUT2D eigenvalue weighted by molar-refractivity contribution is 5.49. The summed E-state index contributed by atoms with van der Waals surface area (Å²) >= 11 is 0. The molecule has 0 bridgehead atoms. The van der Waals surface area contributed by atoms with Crippen LogP contribution in [0.15, 0.2) is 18.3 Å². The van der Waals surface area contributed by atoms with Crippen molar-refractivity contribution in [3.63, 3.8) is 0 Å². The summed E-state index contributed by atoms with van der Waals surface area (Å²) in [4.78, 5) is 6.95. The maximum Gasteiger partial charge on any atom is 0.133 e. The Morgan fingerprint density at radius 1 is 1.42 bits per heavy atom. The monoisotopic (exact) mass is 263 g/mol. The SMILES string of the molecule is CCNC(C)c1cccnc1N1C[C@@H](C)O[C@@H](C)C1. The molecule has 1 aliphatic rings. The average Bonchev–Trinajstić information content (AvgIpc) is 2.38. The summed E-state index contributed by atoms with van der Waals surface area (Å²) in [5.41, 5.74) is 1.27. The molecule has 2 rings (SSSR count). The molecule has 3 atom stereocenters. The fraction of sp³-hybridized carbons (Fsp3) is 0.667. The predicted octanol–water partition coefficient (Wildman–Crippen LogP) is 2.37. The molecular formula is C15H25N3O. The van der Waals surface area contributed by atoms with Gasteiger partial charge >= 0.3 is 0 Å². The van der Waals surface area contributed by atoms with Gasteiger partial charge in [-0.3, -0.25) is 0 Å². The van der Waals surface area contributed by atoms with Crippen molar-refractivity contribution in [3.8, 4) is 0 Å². The maximum absolute atomic E-state index is 5.80. The number of nitrogens with zero attached hydrogens (tertiary/aromatic N) is 2. The van der Waals surface area contributed by atoms with Gasteiger partial charge in [-0.2, -0.15) is 0 Å². The van der Waals surface area contributed by atoms with E-state index in [0.717, 1.165) is 25.5 Å². The average molecular weight is 263 g/mol. The van der Waals surface area contributed by atoms with Crippen molar-refractivity contribution in [1.29, 1.82) is 0 Å². The minimum atomic E-state index is 0.257. The lowest BCUT2D eigenvalue weighted by Crippen LogP contribution is -2.46. The molecule has 106 valence electrons. The van der Waals surface area contributed by atoms with Crippen LogP contribution in [0.4, 0.5) is 5.82 Å². The summed E-state index contributed by atoms with van der Waals surface area (Å²) in [6.07, 6.45) is 2.39. The minimum Gasteiger partial charge on any atom is -0.372 e. The van der Waals surface area contributed by atoms with Gasteiger partial charge in [-0.1, -0.05) is 13.0 Å². The zero-order chi connectivity index (χ0) is 13.8. The Labute approximate surface area is 116 Å². The van der Waals surface area contributed by atoms with Crippen molar-refractivity contribution in [2.75, 3.05) is 24.5 Å². The first-order valence-corrected chi connectivity index (χ1v) is 7.20. The van der Waals surface area contributed by atoms with Crippen molar-refractivity contribution >= 4 is 5.82 Å². The van der Waals surface area contributed by atoms with Crippen molar-refractivity contribution < 1.29 is 4.74 Å². The molecule has 1 N–H and O–H groups in total. The zero-order valence-electron chi connectivity index (χ0n) is 12.4. The highest BCUT2D eigenvalue weighted by Crippen LogP contribution is 2.26. The van der Waals surface area contributed by atoms with Gasteiger partial charge in [0.15, 0.2) is 0 Å². The van der Waals surface area contributed by atoms with Crippen LogP contribution in [-0.2, 0) is 4.74 Å². The largest absolute Gasteiger partial charge is 0.372 e. The second kappa shape index (κ2) is 6.35. The molecule has 2 heterocycles. The lowest BCUT2D eigenvalue weighted by atomic mass is 10.1.